The van der Waals surface area contributed by atoms with Crippen LogP contribution < -0.4 is 10.1 Å². The van der Waals surface area contributed by atoms with Crippen LogP contribution in [-0.2, 0) is 0 Å². The third-order valence-electron chi connectivity index (χ3n) is 2.76. The van der Waals surface area contributed by atoms with E-state index in [1.54, 1.807) is 0 Å². The molecule has 0 aliphatic carbocycles. The van der Waals surface area contributed by atoms with Crippen LogP contribution in [0.15, 0.2) is 16.6 Å². The number of rotatable bonds is 3. The van der Waals surface area contributed by atoms with E-state index < -0.39 is 0 Å². The average Bonchev–Trinajstić information content (AvgIpc) is 2.53. The fourth-order valence-corrected chi connectivity index (χ4v) is 2.47. The number of benzene rings is 1. The van der Waals surface area contributed by atoms with Gasteiger partial charge in [-0.15, -0.1) is 0 Å². The van der Waals surface area contributed by atoms with Gasteiger partial charge in [-0.05, 0) is 32.0 Å². The molecular formula is C12H15BrFNO. The van der Waals surface area contributed by atoms with E-state index in [2.05, 4.69) is 28.2 Å². The molecule has 16 heavy (non-hydrogen) atoms. The Morgan fingerprint density at radius 3 is 2.94 bits per heavy atom. The van der Waals surface area contributed by atoms with Crippen LogP contribution in [0, 0.1) is 5.82 Å². The fraction of sp³-hybridized carbons (Fsp3) is 0.500. The topological polar surface area (TPSA) is 21.3 Å². The molecule has 2 nitrogen and oxygen atoms in total. The lowest BCUT2D eigenvalue weighted by atomic mass is 10.0. The smallest absolute Gasteiger partial charge is 0.166 e. The number of hydrogen-bond acceptors (Lipinski definition) is 2. The summed E-state index contributed by atoms with van der Waals surface area (Å²) in [5.41, 5.74) is 0.910. The van der Waals surface area contributed by atoms with Gasteiger partial charge in [0.05, 0.1) is 6.04 Å². The van der Waals surface area contributed by atoms with Gasteiger partial charge >= 0.3 is 0 Å². The highest BCUT2D eigenvalue weighted by Gasteiger charge is 2.33. The molecule has 1 heterocycles. The third kappa shape index (κ3) is 2.09. The van der Waals surface area contributed by atoms with Crippen LogP contribution in [0.25, 0.3) is 0 Å². The maximum atomic E-state index is 13.6. The second-order valence-corrected chi connectivity index (χ2v) is 4.98. The number of hydrogen-bond donors (Lipinski definition) is 1. The lowest BCUT2D eigenvalue weighted by Crippen LogP contribution is -2.29. The summed E-state index contributed by atoms with van der Waals surface area (Å²) in [6, 6.07) is 3.45. The Balaban J connectivity index is 2.32. The molecule has 4 heteroatoms. The predicted octanol–water partition coefficient (Wildman–Crippen LogP) is 3.41. The molecule has 0 spiro atoms. The Kier molecular flexibility index (Phi) is 3.50. The standard InChI is InChI=1S/C12H15BrFNO/c1-3-4-15-11-7(2)16-12-9(11)5-8(13)6-10(12)14/h5-7,11,15H,3-4H2,1-2H3. The lowest BCUT2D eigenvalue weighted by Gasteiger charge is -2.16. The van der Waals surface area contributed by atoms with E-state index in [-0.39, 0.29) is 18.0 Å². The first-order valence-electron chi connectivity index (χ1n) is 5.52. The van der Waals surface area contributed by atoms with Gasteiger partial charge in [0.15, 0.2) is 11.6 Å². The van der Waals surface area contributed by atoms with E-state index in [0.717, 1.165) is 23.0 Å². The van der Waals surface area contributed by atoms with Crippen molar-refractivity contribution in [1.82, 2.24) is 5.32 Å². The van der Waals surface area contributed by atoms with Gasteiger partial charge in [-0.1, -0.05) is 22.9 Å². The Hall–Kier alpha value is -0.610. The minimum Gasteiger partial charge on any atom is -0.485 e. The molecule has 0 saturated carbocycles. The zero-order valence-electron chi connectivity index (χ0n) is 9.39. The van der Waals surface area contributed by atoms with Crippen molar-refractivity contribution in [1.29, 1.82) is 0 Å². The second-order valence-electron chi connectivity index (χ2n) is 4.06. The van der Waals surface area contributed by atoms with Crippen molar-refractivity contribution in [3.8, 4) is 5.75 Å². The molecule has 2 rings (SSSR count). The van der Waals surface area contributed by atoms with Crippen LogP contribution in [0.3, 0.4) is 0 Å². The Morgan fingerprint density at radius 1 is 1.50 bits per heavy atom. The highest BCUT2D eigenvalue weighted by atomic mass is 79.9. The SMILES string of the molecule is CCCNC1c2cc(Br)cc(F)c2OC1C. The van der Waals surface area contributed by atoms with E-state index in [4.69, 9.17) is 4.74 Å². The normalized spacial score (nSPS) is 23.0. The van der Waals surface area contributed by atoms with Crippen molar-refractivity contribution in [2.75, 3.05) is 6.54 Å². The first kappa shape index (κ1) is 11.9. The van der Waals surface area contributed by atoms with Crippen molar-refractivity contribution in [3.05, 3.63) is 28.0 Å². The summed E-state index contributed by atoms with van der Waals surface area (Å²) in [4.78, 5) is 0. The van der Waals surface area contributed by atoms with Crippen LogP contribution in [0.1, 0.15) is 31.9 Å². The molecule has 2 atom stereocenters. The van der Waals surface area contributed by atoms with Gasteiger partial charge in [0, 0.05) is 10.0 Å². The number of fused-ring (bicyclic) bond motifs is 1. The number of ether oxygens (including phenoxy) is 1. The maximum Gasteiger partial charge on any atom is 0.166 e. The molecule has 1 N–H and O–H groups in total. The Bertz CT molecular complexity index is 397. The maximum absolute atomic E-state index is 13.6. The first-order valence-corrected chi connectivity index (χ1v) is 6.31. The molecule has 0 bridgehead atoms. The van der Waals surface area contributed by atoms with E-state index >= 15 is 0 Å². The van der Waals surface area contributed by atoms with Gasteiger partial charge in [-0.2, -0.15) is 0 Å². The van der Waals surface area contributed by atoms with E-state index in [1.165, 1.54) is 6.07 Å². The quantitative estimate of drug-likeness (QED) is 0.920. The lowest BCUT2D eigenvalue weighted by molar-refractivity contribution is 0.203. The largest absolute Gasteiger partial charge is 0.485 e. The summed E-state index contributed by atoms with van der Waals surface area (Å²) in [7, 11) is 0. The fourth-order valence-electron chi connectivity index (χ4n) is 2.02. The minimum absolute atomic E-state index is 0.0228. The van der Waals surface area contributed by atoms with E-state index in [9.17, 15) is 4.39 Å². The third-order valence-corrected chi connectivity index (χ3v) is 3.22. The molecule has 1 aromatic carbocycles. The summed E-state index contributed by atoms with van der Waals surface area (Å²) in [5, 5.41) is 3.38. The molecule has 0 radical (unpaired) electrons. The van der Waals surface area contributed by atoms with Gasteiger partial charge in [-0.3, -0.25) is 0 Å². The molecule has 2 unspecified atom stereocenters. The average molecular weight is 288 g/mol. The Labute approximate surface area is 103 Å². The predicted molar refractivity (Wildman–Crippen MR) is 65.2 cm³/mol. The first-order chi connectivity index (χ1) is 7.63. The van der Waals surface area contributed by atoms with Crippen molar-refractivity contribution in [2.45, 2.75) is 32.4 Å². The molecular weight excluding hydrogens is 273 g/mol. The second kappa shape index (κ2) is 4.72. The number of halogens is 2. The van der Waals surface area contributed by atoms with Crippen LogP contribution in [0.2, 0.25) is 0 Å². The van der Waals surface area contributed by atoms with E-state index in [1.807, 2.05) is 13.0 Å². The summed E-state index contributed by atoms with van der Waals surface area (Å²) in [6.45, 7) is 4.97. The minimum atomic E-state index is -0.294. The molecule has 1 aliphatic rings. The molecule has 0 amide bonds. The van der Waals surface area contributed by atoms with Crippen molar-refractivity contribution < 1.29 is 9.13 Å². The molecule has 0 fully saturated rings. The summed E-state index contributed by atoms with van der Waals surface area (Å²) < 4.78 is 19.9. The summed E-state index contributed by atoms with van der Waals surface area (Å²) in [6.07, 6.45) is 1.03. The van der Waals surface area contributed by atoms with Gasteiger partial charge in [0.25, 0.3) is 0 Å². The molecule has 0 saturated heterocycles. The molecule has 1 aliphatic heterocycles. The van der Waals surface area contributed by atoms with Crippen LogP contribution in [0.4, 0.5) is 4.39 Å². The van der Waals surface area contributed by atoms with Gasteiger partial charge in [0.1, 0.15) is 6.10 Å². The van der Waals surface area contributed by atoms with Gasteiger partial charge in [-0.25, -0.2) is 4.39 Å². The summed E-state index contributed by atoms with van der Waals surface area (Å²) >= 11 is 3.31. The molecule has 88 valence electrons. The van der Waals surface area contributed by atoms with Crippen LogP contribution in [0.5, 0.6) is 5.75 Å². The Morgan fingerprint density at radius 2 is 2.25 bits per heavy atom. The van der Waals surface area contributed by atoms with Crippen molar-refractivity contribution in [3.63, 3.8) is 0 Å². The van der Waals surface area contributed by atoms with Crippen LogP contribution >= 0.6 is 15.9 Å². The highest BCUT2D eigenvalue weighted by molar-refractivity contribution is 9.10. The van der Waals surface area contributed by atoms with Crippen molar-refractivity contribution >= 4 is 15.9 Å². The van der Waals surface area contributed by atoms with Crippen LogP contribution in [-0.4, -0.2) is 12.6 Å². The highest BCUT2D eigenvalue weighted by Crippen LogP contribution is 2.40. The van der Waals surface area contributed by atoms with E-state index in [0.29, 0.717) is 5.75 Å². The van der Waals surface area contributed by atoms with Gasteiger partial charge < -0.3 is 10.1 Å². The zero-order chi connectivity index (χ0) is 11.7. The number of nitrogens with one attached hydrogen (secondary N) is 1. The van der Waals surface area contributed by atoms with Gasteiger partial charge in [0.2, 0.25) is 0 Å². The summed E-state index contributed by atoms with van der Waals surface area (Å²) in [5.74, 6) is 0.0985. The monoisotopic (exact) mass is 287 g/mol. The van der Waals surface area contributed by atoms with Crippen molar-refractivity contribution in [2.24, 2.45) is 0 Å². The molecule has 1 aromatic rings. The zero-order valence-corrected chi connectivity index (χ0v) is 11.0. The molecule has 0 aromatic heterocycles.